The average Bonchev–Trinajstić information content (AvgIpc) is 3.10. The molecule has 0 saturated heterocycles. The molecule has 0 aliphatic heterocycles. The van der Waals surface area contributed by atoms with Crippen molar-refractivity contribution in [3.05, 3.63) is 47.4 Å². The smallest absolute Gasteiger partial charge is 0.261 e. The highest BCUT2D eigenvalue weighted by molar-refractivity contribution is 7.13. The van der Waals surface area contributed by atoms with E-state index in [0.717, 1.165) is 0 Å². The van der Waals surface area contributed by atoms with Gasteiger partial charge in [-0.25, -0.2) is 4.39 Å². The van der Waals surface area contributed by atoms with E-state index in [4.69, 9.17) is 0 Å². The largest absolute Gasteiger partial charge is 0.296 e. The Labute approximate surface area is 116 Å². The standard InChI is InChI=1S/C12H8FN5OS/c13-8-3-1-7(2-4-8)10-9(5-14-17-10)11(19)16-12-18-15-6-20-12/h1-6H,(H,14,17)(H,16,18,19). The summed E-state index contributed by atoms with van der Waals surface area (Å²) in [5.74, 6) is -0.692. The SMILES string of the molecule is O=C(Nc1nncs1)c1cn[nH]c1-c1ccc(F)cc1. The van der Waals surface area contributed by atoms with Gasteiger partial charge in [-0.3, -0.25) is 15.2 Å². The fourth-order valence-corrected chi connectivity index (χ4v) is 2.13. The Hall–Kier alpha value is -2.61. The van der Waals surface area contributed by atoms with E-state index in [1.54, 1.807) is 12.1 Å². The number of carbonyl (C=O) groups excluding carboxylic acids is 1. The molecule has 0 fully saturated rings. The van der Waals surface area contributed by atoms with Crippen molar-refractivity contribution in [2.45, 2.75) is 0 Å². The second-order valence-electron chi connectivity index (χ2n) is 3.86. The number of aromatic amines is 1. The molecule has 0 unspecified atom stereocenters. The maximum atomic E-state index is 12.9. The van der Waals surface area contributed by atoms with E-state index in [2.05, 4.69) is 25.7 Å². The molecule has 1 amide bonds. The Kier molecular flexibility index (Phi) is 3.21. The predicted molar refractivity (Wildman–Crippen MR) is 71.8 cm³/mol. The number of benzene rings is 1. The first-order valence-corrected chi connectivity index (χ1v) is 6.49. The second-order valence-corrected chi connectivity index (χ2v) is 4.70. The number of H-pyrrole nitrogens is 1. The summed E-state index contributed by atoms with van der Waals surface area (Å²) >= 11 is 1.22. The molecule has 100 valence electrons. The van der Waals surface area contributed by atoms with Crippen LogP contribution in [0, 0.1) is 5.82 Å². The summed E-state index contributed by atoms with van der Waals surface area (Å²) in [5, 5.41) is 17.0. The quantitative estimate of drug-likeness (QED) is 0.775. The van der Waals surface area contributed by atoms with Gasteiger partial charge in [-0.05, 0) is 24.3 Å². The van der Waals surface area contributed by atoms with Crippen molar-refractivity contribution in [1.29, 1.82) is 0 Å². The van der Waals surface area contributed by atoms with Gasteiger partial charge in [-0.2, -0.15) is 5.10 Å². The summed E-state index contributed by atoms with van der Waals surface area (Å²) in [6.07, 6.45) is 1.41. The topological polar surface area (TPSA) is 83.6 Å². The Bertz CT molecular complexity index is 723. The summed E-state index contributed by atoms with van der Waals surface area (Å²) in [7, 11) is 0. The number of rotatable bonds is 3. The summed E-state index contributed by atoms with van der Waals surface area (Å²) in [5.41, 5.74) is 3.07. The molecule has 6 nitrogen and oxygen atoms in total. The minimum Gasteiger partial charge on any atom is -0.296 e. The van der Waals surface area contributed by atoms with Gasteiger partial charge in [-0.1, -0.05) is 11.3 Å². The molecule has 0 aliphatic rings. The summed E-state index contributed by atoms with van der Waals surface area (Å²) in [6, 6.07) is 5.79. The highest BCUT2D eigenvalue weighted by Gasteiger charge is 2.16. The second kappa shape index (κ2) is 5.17. The fourth-order valence-electron chi connectivity index (χ4n) is 1.69. The van der Waals surface area contributed by atoms with Gasteiger partial charge in [0.2, 0.25) is 5.13 Å². The predicted octanol–water partition coefficient (Wildman–Crippen LogP) is 2.32. The van der Waals surface area contributed by atoms with E-state index in [9.17, 15) is 9.18 Å². The van der Waals surface area contributed by atoms with Crippen LogP contribution in [0.2, 0.25) is 0 Å². The van der Waals surface area contributed by atoms with Crippen LogP contribution in [-0.4, -0.2) is 26.3 Å². The van der Waals surface area contributed by atoms with Gasteiger partial charge < -0.3 is 0 Å². The average molecular weight is 289 g/mol. The van der Waals surface area contributed by atoms with Crippen LogP contribution < -0.4 is 5.32 Å². The highest BCUT2D eigenvalue weighted by Crippen LogP contribution is 2.22. The molecular formula is C12H8FN5OS. The summed E-state index contributed by atoms with van der Waals surface area (Å²) in [4.78, 5) is 12.1. The van der Waals surface area contributed by atoms with Crippen LogP contribution in [0.25, 0.3) is 11.3 Å². The minimum absolute atomic E-state index is 0.340. The number of amides is 1. The van der Waals surface area contributed by atoms with Crippen LogP contribution in [-0.2, 0) is 0 Å². The van der Waals surface area contributed by atoms with Gasteiger partial charge in [0.1, 0.15) is 11.3 Å². The lowest BCUT2D eigenvalue weighted by Crippen LogP contribution is -2.12. The number of halogens is 1. The van der Waals surface area contributed by atoms with Gasteiger partial charge in [0.15, 0.2) is 0 Å². The Morgan fingerprint density at radius 2 is 2.10 bits per heavy atom. The van der Waals surface area contributed by atoms with Crippen molar-refractivity contribution < 1.29 is 9.18 Å². The molecule has 2 heterocycles. The van der Waals surface area contributed by atoms with Gasteiger partial charge in [0.25, 0.3) is 5.91 Å². The van der Waals surface area contributed by atoms with Crippen LogP contribution in [0.1, 0.15) is 10.4 Å². The molecule has 20 heavy (non-hydrogen) atoms. The van der Waals surface area contributed by atoms with Crippen LogP contribution >= 0.6 is 11.3 Å². The Balaban J connectivity index is 1.90. The molecule has 2 N–H and O–H groups in total. The van der Waals surface area contributed by atoms with E-state index < -0.39 is 0 Å². The maximum absolute atomic E-state index is 12.9. The molecule has 8 heteroatoms. The zero-order chi connectivity index (χ0) is 13.9. The number of anilines is 1. The molecule has 0 spiro atoms. The molecule has 0 aliphatic carbocycles. The molecule has 0 bridgehead atoms. The zero-order valence-corrected chi connectivity index (χ0v) is 10.8. The van der Waals surface area contributed by atoms with Crippen LogP contribution in [0.15, 0.2) is 36.0 Å². The molecule has 0 radical (unpaired) electrons. The van der Waals surface area contributed by atoms with E-state index in [1.807, 2.05) is 0 Å². The van der Waals surface area contributed by atoms with Crippen molar-refractivity contribution >= 4 is 22.4 Å². The third kappa shape index (κ3) is 2.41. The van der Waals surface area contributed by atoms with Crippen LogP contribution in [0.5, 0.6) is 0 Å². The lowest BCUT2D eigenvalue weighted by molar-refractivity contribution is 0.102. The monoisotopic (exact) mass is 289 g/mol. The van der Waals surface area contributed by atoms with Gasteiger partial charge >= 0.3 is 0 Å². The minimum atomic E-state index is -0.352. The molecule has 3 rings (SSSR count). The fraction of sp³-hybridized carbons (Fsp3) is 0. The lowest BCUT2D eigenvalue weighted by Gasteiger charge is -2.03. The van der Waals surface area contributed by atoms with Crippen molar-refractivity contribution in [2.75, 3.05) is 5.32 Å². The van der Waals surface area contributed by atoms with E-state index >= 15 is 0 Å². The lowest BCUT2D eigenvalue weighted by atomic mass is 10.1. The molecule has 3 aromatic rings. The highest BCUT2D eigenvalue weighted by atomic mass is 32.1. The first kappa shape index (κ1) is 12.4. The Morgan fingerprint density at radius 3 is 2.80 bits per heavy atom. The van der Waals surface area contributed by atoms with Crippen molar-refractivity contribution in [3.8, 4) is 11.3 Å². The molecule has 0 atom stereocenters. The number of aromatic nitrogens is 4. The van der Waals surface area contributed by atoms with Crippen molar-refractivity contribution in [1.82, 2.24) is 20.4 Å². The van der Waals surface area contributed by atoms with E-state index in [-0.39, 0.29) is 11.7 Å². The number of hydrogen-bond acceptors (Lipinski definition) is 5. The molecule has 0 saturated carbocycles. The molecule has 1 aromatic carbocycles. The third-order valence-corrected chi connectivity index (χ3v) is 3.20. The maximum Gasteiger partial charge on any atom is 0.261 e. The molecule has 2 aromatic heterocycles. The van der Waals surface area contributed by atoms with E-state index in [0.29, 0.717) is 22.0 Å². The van der Waals surface area contributed by atoms with Crippen molar-refractivity contribution in [2.24, 2.45) is 0 Å². The first-order chi connectivity index (χ1) is 9.74. The first-order valence-electron chi connectivity index (χ1n) is 5.61. The van der Waals surface area contributed by atoms with E-state index in [1.165, 1.54) is 35.2 Å². The van der Waals surface area contributed by atoms with Crippen molar-refractivity contribution in [3.63, 3.8) is 0 Å². The summed E-state index contributed by atoms with van der Waals surface area (Å²) < 4.78 is 12.9. The number of hydrogen-bond donors (Lipinski definition) is 2. The summed E-state index contributed by atoms with van der Waals surface area (Å²) in [6.45, 7) is 0. The molecular weight excluding hydrogens is 281 g/mol. The Morgan fingerprint density at radius 1 is 1.30 bits per heavy atom. The van der Waals surface area contributed by atoms with Gasteiger partial charge in [0, 0.05) is 5.56 Å². The number of nitrogens with one attached hydrogen (secondary N) is 2. The number of nitrogens with zero attached hydrogens (tertiary/aromatic N) is 3. The third-order valence-electron chi connectivity index (χ3n) is 2.60. The zero-order valence-electron chi connectivity index (χ0n) is 10.0. The van der Waals surface area contributed by atoms with Gasteiger partial charge in [0.05, 0.1) is 17.5 Å². The van der Waals surface area contributed by atoms with Gasteiger partial charge in [-0.15, -0.1) is 10.2 Å². The van der Waals surface area contributed by atoms with Crippen LogP contribution in [0.4, 0.5) is 9.52 Å². The number of carbonyl (C=O) groups is 1. The normalized spacial score (nSPS) is 10.4. The van der Waals surface area contributed by atoms with Crippen LogP contribution in [0.3, 0.4) is 0 Å².